The Hall–Kier alpha value is -1.65. The number of aromatic amines is 2. The second-order valence-corrected chi connectivity index (χ2v) is 4.78. The number of hydrogen-bond acceptors (Lipinski definition) is 4. The van der Waals surface area contributed by atoms with Crippen LogP contribution in [0.4, 0.5) is 13.2 Å². The zero-order valence-electron chi connectivity index (χ0n) is 10.7. The lowest BCUT2D eigenvalue weighted by atomic mass is 10.3. The summed E-state index contributed by atoms with van der Waals surface area (Å²) < 4.78 is 42.9. The lowest BCUT2D eigenvalue weighted by molar-refractivity contribution is -0.185. The Labute approximate surface area is 121 Å². The van der Waals surface area contributed by atoms with E-state index in [4.69, 9.17) is 22.7 Å². The summed E-state index contributed by atoms with van der Waals surface area (Å²) in [7, 11) is 0. The Balaban J connectivity index is 2.28. The van der Waals surface area contributed by atoms with Crippen LogP contribution in [-0.4, -0.2) is 40.0 Å². The van der Waals surface area contributed by atoms with E-state index < -0.39 is 24.4 Å². The third-order valence-corrected chi connectivity index (χ3v) is 3.16. The number of fused-ring (bicyclic) bond motifs is 1. The number of ether oxygens (including phenoxy) is 1. The van der Waals surface area contributed by atoms with Crippen LogP contribution in [0.2, 0.25) is 0 Å². The third kappa shape index (κ3) is 3.71. The van der Waals surface area contributed by atoms with Gasteiger partial charge in [-0.05, 0) is 18.3 Å². The van der Waals surface area contributed by atoms with E-state index in [1.165, 1.54) is 4.57 Å². The lowest BCUT2D eigenvalue weighted by Gasteiger charge is -2.19. The minimum atomic E-state index is -4.43. The molecule has 2 heterocycles. The fraction of sp³-hybridized carbons (Fsp3) is 0.455. The number of nitrogens with two attached hydrogens (primary N) is 1. The van der Waals surface area contributed by atoms with Crippen molar-refractivity contribution in [2.24, 2.45) is 5.73 Å². The van der Waals surface area contributed by atoms with Gasteiger partial charge in [0, 0.05) is 12.7 Å². The fourth-order valence-corrected chi connectivity index (χ4v) is 2.16. The minimum absolute atomic E-state index is 0.0105. The van der Waals surface area contributed by atoms with Crippen LogP contribution in [0.3, 0.4) is 0 Å². The average molecular weight is 322 g/mol. The highest BCUT2D eigenvalue weighted by Crippen LogP contribution is 2.16. The molecule has 21 heavy (non-hydrogen) atoms. The monoisotopic (exact) mass is 322 g/mol. The van der Waals surface area contributed by atoms with Gasteiger partial charge in [-0.1, -0.05) is 0 Å². The summed E-state index contributed by atoms with van der Waals surface area (Å²) in [5.41, 5.74) is 5.81. The molecular weight excluding hydrogens is 309 g/mol. The van der Waals surface area contributed by atoms with Gasteiger partial charge in [0.05, 0.1) is 18.2 Å². The topological polar surface area (TPSA) is 88.8 Å². The van der Waals surface area contributed by atoms with Gasteiger partial charge in [-0.25, -0.2) is 0 Å². The first-order valence-corrected chi connectivity index (χ1v) is 6.41. The van der Waals surface area contributed by atoms with E-state index in [1.807, 2.05) is 0 Å². The Morgan fingerprint density at radius 3 is 2.81 bits per heavy atom. The normalized spacial score (nSPS) is 13.7. The van der Waals surface area contributed by atoms with Crippen LogP contribution in [-0.2, 0) is 11.3 Å². The van der Waals surface area contributed by atoms with E-state index >= 15 is 0 Å². The molecule has 2 rings (SSSR count). The maximum absolute atomic E-state index is 12.2. The van der Waals surface area contributed by atoms with Crippen molar-refractivity contribution >= 4 is 23.3 Å². The smallest absolute Gasteiger partial charge is 0.366 e. The molecule has 0 aromatic carbocycles. The quantitative estimate of drug-likeness (QED) is 0.724. The molecule has 6 nitrogen and oxygen atoms in total. The first-order chi connectivity index (χ1) is 9.81. The van der Waals surface area contributed by atoms with E-state index in [0.29, 0.717) is 5.52 Å². The molecule has 0 aliphatic carbocycles. The van der Waals surface area contributed by atoms with Crippen LogP contribution >= 0.6 is 12.2 Å². The van der Waals surface area contributed by atoms with Crippen molar-refractivity contribution in [1.29, 1.82) is 0 Å². The van der Waals surface area contributed by atoms with Crippen molar-refractivity contribution in [2.75, 3.05) is 13.2 Å². The van der Waals surface area contributed by atoms with Crippen LogP contribution in [0.15, 0.2) is 17.1 Å². The highest BCUT2D eigenvalue weighted by molar-refractivity contribution is 7.71. The van der Waals surface area contributed by atoms with E-state index in [-0.39, 0.29) is 23.4 Å². The molecule has 0 radical (unpaired) electrons. The highest BCUT2D eigenvalue weighted by Gasteiger charge is 2.29. The zero-order valence-corrected chi connectivity index (χ0v) is 11.6. The zero-order chi connectivity index (χ0) is 15.6. The molecule has 0 saturated heterocycles. The molecule has 1 unspecified atom stereocenters. The molecule has 0 spiro atoms. The summed E-state index contributed by atoms with van der Waals surface area (Å²) in [6.07, 6.45) is -3.76. The van der Waals surface area contributed by atoms with E-state index in [1.54, 1.807) is 12.3 Å². The van der Waals surface area contributed by atoms with Gasteiger partial charge in [0.25, 0.3) is 5.56 Å². The van der Waals surface area contributed by atoms with Gasteiger partial charge < -0.3 is 20.0 Å². The summed E-state index contributed by atoms with van der Waals surface area (Å²) in [5.74, 6) is 0. The molecule has 2 aromatic rings. The van der Waals surface area contributed by atoms with Crippen molar-refractivity contribution in [2.45, 2.75) is 18.8 Å². The predicted octanol–water partition coefficient (Wildman–Crippen LogP) is 1.29. The van der Waals surface area contributed by atoms with Crippen LogP contribution in [0, 0.1) is 4.77 Å². The second-order valence-electron chi connectivity index (χ2n) is 4.39. The van der Waals surface area contributed by atoms with Crippen LogP contribution < -0.4 is 11.3 Å². The molecule has 116 valence electrons. The molecule has 10 heteroatoms. The fourth-order valence-electron chi connectivity index (χ4n) is 1.90. The van der Waals surface area contributed by atoms with Crippen molar-refractivity contribution in [3.63, 3.8) is 0 Å². The molecule has 0 aliphatic rings. The van der Waals surface area contributed by atoms with E-state index in [2.05, 4.69) is 9.97 Å². The molecule has 0 amide bonds. The molecule has 2 aromatic heterocycles. The minimum Gasteiger partial charge on any atom is -0.366 e. The first-order valence-electron chi connectivity index (χ1n) is 6.00. The molecule has 1 atom stereocenters. The molecule has 0 bridgehead atoms. The van der Waals surface area contributed by atoms with Crippen LogP contribution in [0.1, 0.15) is 0 Å². The Morgan fingerprint density at radius 2 is 2.19 bits per heavy atom. The number of rotatable bonds is 5. The number of H-pyrrole nitrogens is 2. The summed E-state index contributed by atoms with van der Waals surface area (Å²) >= 11 is 5.03. The second kappa shape index (κ2) is 6.00. The Bertz CT molecular complexity index is 733. The van der Waals surface area contributed by atoms with Gasteiger partial charge in [0.2, 0.25) is 0 Å². The Kier molecular flexibility index (Phi) is 4.49. The van der Waals surface area contributed by atoms with Crippen LogP contribution in [0.5, 0.6) is 0 Å². The van der Waals surface area contributed by atoms with Gasteiger partial charge in [-0.2, -0.15) is 13.2 Å². The predicted molar refractivity (Wildman–Crippen MR) is 72.6 cm³/mol. The summed E-state index contributed by atoms with van der Waals surface area (Å²) in [4.78, 5) is 16.8. The van der Waals surface area contributed by atoms with Gasteiger partial charge >= 0.3 is 6.18 Å². The number of halogens is 3. The van der Waals surface area contributed by atoms with Crippen molar-refractivity contribution < 1.29 is 17.9 Å². The lowest BCUT2D eigenvalue weighted by Crippen LogP contribution is -2.33. The number of nitrogens with one attached hydrogen (secondary N) is 2. The van der Waals surface area contributed by atoms with Crippen molar-refractivity contribution in [3.8, 4) is 0 Å². The van der Waals surface area contributed by atoms with Crippen molar-refractivity contribution in [1.82, 2.24) is 14.5 Å². The van der Waals surface area contributed by atoms with Gasteiger partial charge in [-0.15, -0.1) is 0 Å². The maximum atomic E-state index is 12.2. The third-order valence-electron chi connectivity index (χ3n) is 2.84. The molecule has 0 saturated carbocycles. The largest absolute Gasteiger partial charge is 0.411 e. The summed E-state index contributed by atoms with van der Waals surface area (Å²) in [6.45, 7) is -1.48. The molecule has 0 aliphatic heterocycles. The first kappa shape index (κ1) is 15.7. The SMILES string of the molecule is NCC(Cn1c(=S)[nH]c(=O)c2[nH]ccc21)OCC(F)(F)F. The van der Waals surface area contributed by atoms with Crippen LogP contribution in [0.25, 0.3) is 11.0 Å². The maximum Gasteiger partial charge on any atom is 0.411 e. The van der Waals surface area contributed by atoms with Gasteiger partial charge in [0.1, 0.15) is 12.1 Å². The summed E-state index contributed by atoms with van der Waals surface area (Å²) in [5, 5.41) is 0. The van der Waals surface area contributed by atoms with E-state index in [9.17, 15) is 18.0 Å². The Morgan fingerprint density at radius 1 is 1.48 bits per heavy atom. The average Bonchev–Trinajstić information content (AvgIpc) is 2.86. The number of aromatic nitrogens is 3. The summed E-state index contributed by atoms with van der Waals surface area (Å²) in [6, 6.07) is 1.61. The van der Waals surface area contributed by atoms with Gasteiger partial charge in [-0.3, -0.25) is 9.78 Å². The number of nitrogens with zero attached hydrogens (tertiary/aromatic N) is 1. The highest BCUT2D eigenvalue weighted by atomic mass is 32.1. The van der Waals surface area contributed by atoms with Crippen molar-refractivity contribution in [3.05, 3.63) is 27.4 Å². The molecular formula is C11H13F3N4O2S. The van der Waals surface area contributed by atoms with E-state index in [0.717, 1.165) is 0 Å². The number of alkyl halides is 3. The molecule has 0 fully saturated rings. The standard InChI is InChI=1S/C11H13F3N4O2S/c12-11(13,14)5-20-6(3-15)4-18-7-1-2-16-8(7)9(19)17-10(18)21/h1-2,6,16H,3-5,15H2,(H,17,19,21). The number of hydrogen-bond donors (Lipinski definition) is 3. The molecule has 4 N–H and O–H groups in total. The van der Waals surface area contributed by atoms with Gasteiger partial charge in [0.15, 0.2) is 4.77 Å².